The molecule has 2 aliphatic rings. The van der Waals surface area contributed by atoms with Crippen molar-refractivity contribution in [3.8, 4) is 0 Å². The molecule has 2 aliphatic heterocycles. The van der Waals surface area contributed by atoms with Crippen LogP contribution in [0.15, 0.2) is 84.2 Å². The van der Waals surface area contributed by atoms with Crippen molar-refractivity contribution in [1.29, 1.82) is 0 Å². The minimum absolute atomic E-state index is 0.0964. The molecule has 2 N–H and O–H groups in total. The molecule has 4 aromatic rings. The van der Waals surface area contributed by atoms with Crippen LogP contribution in [-0.2, 0) is 29.2 Å². The summed E-state index contributed by atoms with van der Waals surface area (Å²) in [7, 11) is 0. The Hall–Kier alpha value is -4.65. The van der Waals surface area contributed by atoms with Crippen molar-refractivity contribution in [2.45, 2.75) is 103 Å². The number of halogens is 1. The molecule has 0 radical (unpaired) electrons. The molecule has 5 atom stereocenters. The fourth-order valence-electron chi connectivity index (χ4n) is 7.22. The van der Waals surface area contributed by atoms with E-state index in [1.54, 1.807) is 25.7 Å². The highest BCUT2D eigenvalue weighted by Crippen LogP contribution is 2.35. The van der Waals surface area contributed by atoms with Crippen LogP contribution in [0.25, 0.3) is 0 Å². The molecular weight excluding hydrogens is 708 g/mol. The lowest BCUT2D eigenvalue weighted by molar-refractivity contribution is -0.00248. The molecule has 3 heterocycles. The minimum atomic E-state index is -1.25. The summed E-state index contributed by atoms with van der Waals surface area (Å²) in [4.78, 5) is 49.5. The Morgan fingerprint density at radius 2 is 1.67 bits per heavy atom. The Kier molecular flexibility index (Phi) is 12.5. The van der Waals surface area contributed by atoms with Crippen molar-refractivity contribution >= 4 is 29.2 Å². The molecule has 12 heteroatoms. The van der Waals surface area contributed by atoms with Gasteiger partial charge in [-0.3, -0.25) is 14.5 Å². The predicted molar refractivity (Wildman–Crippen MR) is 205 cm³/mol. The number of aliphatic hydroxyl groups is 1. The van der Waals surface area contributed by atoms with E-state index in [9.17, 15) is 23.9 Å². The summed E-state index contributed by atoms with van der Waals surface area (Å²) in [6.07, 6.45) is -0.113. The first-order chi connectivity index (χ1) is 25.9. The van der Waals surface area contributed by atoms with Gasteiger partial charge in [-0.25, -0.2) is 14.2 Å². The Labute approximate surface area is 320 Å². The number of aliphatic hydroxyl groups excluding tert-OH is 1. The molecule has 286 valence electrons. The van der Waals surface area contributed by atoms with E-state index in [0.29, 0.717) is 19.6 Å². The van der Waals surface area contributed by atoms with E-state index in [1.165, 1.54) is 34.4 Å². The van der Waals surface area contributed by atoms with Gasteiger partial charge in [0.1, 0.15) is 17.3 Å². The fraction of sp³-hybridized carbons (Fsp3) is 0.429. The lowest BCUT2D eigenvalue weighted by Gasteiger charge is -2.34. The third kappa shape index (κ3) is 9.71. The molecule has 1 aromatic heterocycles. The SMILES string of the molecule is Cc1csc([C@H]2CCCN2C(=O)c2cc(CF)cc(C(=O)N[C@@H](Cc3ccccc3)[C@H](O)C3CC(OCc4ccccc4)CN3C(=O)OC(C)(C)C)c2)n1. The Morgan fingerprint density at radius 3 is 2.31 bits per heavy atom. The quantitative estimate of drug-likeness (QED) is 0.157. The zero-order valence-corrected chi connectivity index (χ0v) is 32.1. The highest BCUT2D eigenvalue weighted by atomic mass is 32.1. The summed E-state index contributed by atoms with van der Waals surface area (Å²) in [6.45, 7) is 7.43. The van der Waals surface area contributed by atoms with E-state index < -0.39 is 48.6 Å². The van der Waals surface area contributed by atoms with Gasteiger partial charge in [-0.1, -0.05) is 60.7 Å². The number of amides is 3. The molecule has 3 aromatic carbocycles. The third-order valence-corrected chi connectivity index (χ3v) is 10.8. The van der Waals surface area contributed by atoms with Gasteiger partial charge in [0, 0.05) is 28.7 Å². The van der Waals surface area contributed by atoms with E-state index in [4.69, 9.17) is 9.47 Å². The fourth-order valence-corrected chi connectivity index (χ4v) is 8.16. The number of likely N-dealkylation sites (tertiary alicyclic amines) is 2. The number of nitrogens with one attached hydrogen (secondary N) is 1. The third-order valence-electron chi connectivity index (χ3n) is 9.77. The van der Waals surface area contributed by atoms with E-state index in [2.05, 4.69) is 10.3 Å². The maximum Gasteiger partial charge on any atom is 0.410 e. The largest absolute Gasteiger partial charge is 0.444 e. The summed E-state index contributed by atoms with van der Waals surface area (Å²) in [5.74, 6) is -0.873. The summed E-state index contributed by atoms with van der Waals surface area (Å²) < 4.78 is 26.3. The van der Waals surface area contributed by atoms with Gasteiger partial charge in [0.25, 0.3) is 11.8 Å². The van der Waals surface area contributed by atoms with Crippen LogP contribution in [0, 0.1) is 6.92 Å². The number of ether oxygens (including phenoxy) is 2. The number of alkyl halides is 1. The molecule has 2 fully saturated rings. The summed E-state index contributed by atoms with van der Waals surface area (Å²) >= 11 is 1.51. The molecule has 3 amide bonds. The van der Waals surface area contributed by atoms with Gasteiger partial charge in [-0.2, -0.15) is 0 Å². The zero-order chi connectivity index (χ0) is 38.4. The number of aryl methyl sites for hydroxylation is 1. The minimum Gasteiger partial charge on any atom is -0.444 e. The second kappa shape index (κ2) is 17.2. The first kappa shape index (κ1) is 39.1. The number of hydrogen-bond acceptors (Lipinski definition) is 8. The number of thiazole rings is 1. The lowest BCUT2D eigenvalue weighted by Crippen LogP contribution is -2.54. The van der Waals surface area contributed by atoms with Crippen molar-refractivity contribution in [2.75, 3.05) is 13.1 Å². The summed E-state index contributed by atoms with van der Waals surface area (Å²) in [5, 5.41) is 18.0. The van der Waals surface area contributed by atoms with Crippen LogP contribution in [0.2, 0.25) is 0 Å². The van der Waals surface area contributed by atoms with Crippen molar-refractivity contribution in [1.82, 2.24) is 20.1 Å². The zero-order valence-electron chi connectivity index (χ0n) is 31.2. The van der Waals surface area contributed by atoms with E-state index in [0.717, 1.165) is 34.7 Å². The summed E-state index contributed by atoms with van der Waals surface area (Å²) in [6, 6.07) is 21.7. The second-order valence-electron chi connectivity index (χ2n) is 15.2. The van der Waals surface area contributed by atoms with Gasteiger partial charge in [0.2, 0.25) is 0 Å². The van der Waals surface area contributed by atoms with Gasteiger partial charge in [-0.05, 0) is 88.3 Å². The number of rotatable bonds is 12. The maximum absolute atomic E-state index is 14.3. The van der Waals surface area contributed by atoms with Gasteiger partial charge < -0.3 is 24.8 Å². The smallest absolute Gasteiger partial charge is 0.410 e. The van der Waals surface area contributed by atoms with Crippen LogP contribution < -0.4 is 5.32 Å². The Morgan fingerprint density at radius 1 is 0.981 bits per heavy atom. The van der Waals surface area contributed by atoms with Crippen LogP contribution in [0.3, 0.4) is 0 Å². The summed E-state index contributed by atoms with van der Waals surface area (Å²) in [5.41, 5.74) is 2.44. The molecular formula is C42H49FN4O6S. The number of nitrogens with zero attached hydrogens (tertiary/aromatic N) is 3. The Bertz CT molecular complexity index is 1900. The van der Waals surface area contributed by atoms with Crippen molar-refractivity contribution in [2.24, 2.45) is 0 Å². The maximum atomic E-state index is 14.3. The van der Waals surface area contributed by atoms with Crippen molar-refractivity contribution in [3.63, 3.8) is 0 Å². The van der Waals surface area contributed by atoms with Crippen LogP contribution >= 0.6 is 11.3 Å². The first-order valence-electron chi connectivity index (χ1n) is 18.5. The highest BCUT2D eigenvalue weighted by molar-refractivity contribution is 7.09. The standard InChI is InChI=1S/C42H49FN4O6S/c1-27-26-54-39(44-27)35-16-11-17-46(35)40(50)32-19-30(23-43)18-31(21-32)38(49)45-34(20-28-12-7-5-8-13-28)37(48)36-22-33(52-25-29-14-9-6-10-15-29)24-47(36)41(51)53-42(2,3)4/h5-10,12-15,18-19,21,26,33-37,48H,11,16-17,20,22-25H2,1-4H3,(H,45,49)/t33?,34-,35+,36?,37-/m0/s1. The number of carbonyl (C=O) groups excluding carboxylic acids is 3. The number of aromatic nitrogens is 1. The lowest BCUT2D eigenvalue weighted by atomic mass is 9.94. The highest BCUT2D eigenvalue weighted by Gasteiger charge is 2.44. The van der Waals surface area contributed by atoms with E-state index in [1.807, 2.05) is 73.0 Å². The van der Waals surface area contributed by atoms with E-state index in [-0.39, 0.29) is 41.6 Å². The molecule has 6 rings (SSSR count). The molecule has 0 aliphatic carbocycles. The normalized spacial score (nSPS) is 19.8. The Balaban J connectivity index is 1.26. The average Bonchev–Trinajstić information content (AvgIpc) is 3.93. The number of carbonyl (C=O) groups is 3. The number of benzene rings is 3. The predicted octanol–water partition coefficient (Wildman–Crippen LogP) is 7.20. The molecule has 2 saturated heterocycles. The molecule has 0 spiro atoms. The van der Waals surface area contributed by atoms with Crippen LogP contribution in [-0.4, -0.2) is 80.8 Å². The van der Waals surface area contributed by atoms with Crippen LogP contribution in [0.5, 0.6) is 0 Å². The molecule has 0 saturated carbocycles. The van der Waals surface area contributed by atoms with Gasteiger partial charge in [-0.15, -0.1) is 11.3 Å². The van der Waals surface area contributed by atoms with Gasteiger partial charge in [0.05, 0.1) is 43.5 Å². The number of hydrogen-bond donors (Lipinski definition) is 2. The van der Waals surface area contributed by atoms with Crippen LogP contribution in [0.1, 0.15) is 94.2 Å². The van der Waals surface area contributed by atoms with Crippen molar-refractivity contribution < 1.29 is 33.4 Å². The molecule has 10 nitrogen and oxygen atoms in total. The molecule has 2 unspecified atom stereocenters. The van der Waals surface area contributed by atoms with E-state index >= 15 is 0 Å². The second-order valence-corrected chi connectivity index (χ2v) is 16.0. The molecule has 54 heavy (non-hydrogen) atoms. The van der Waals surface area contributed by atoms with Gasteiger partial charge in [0.15, 0.2) is 0 Å². The topological polar surface area (TPSA) is 121 Å². The monoisotopic (exact) mass is 756 g/mol. The van der Waals surface area contributed by atoms with Crippen molar-refractivity contribution in [3.05, 3.63) is 123 Å². The first-order valence-corrected chi connectivity index (χ1v) is 19.4. The molecule has 0 bridgehead atoms. The van der Waals surface area contributed by atoms with Gasteiger partial charge >= 0.3 is 6.09 Å². The average molecular weight is 757 g/mol. The van der Waals surface area contributed by atoms with Crippen LogP contribution in [0.4, 0.5) is 9.18 Å².